The molecule has 1 N–H and O–H groups in total. The molecule has 1 aliphatic heterocycles. The summed E-state index contributed by atoms with van der Waals surface area (Å²) in [6, 6.07) is 1.82. The first-order valence-electron chi connectivity index (χ1n) is 10.3. The van der Waals surface area contributed by atoms with Gasteiger partial charge in [-0.25, -0.2) is 0 Å². The van der Waals surface area contributed by atoms with Crippen molar-refractivity contribution in [1.82, 2.24) is 10.1 Å². The van der Waals surface area contributed by atoms with E-state index in [0.29, 0.717) is 17.8 Å². The average Bonchev–Trinajstić information content (AvgIpc) is 3.30. The smallest absolute Gasteiger partial charge is 0.291 e. The number of nitrogens with zero attached hydrogens (tertiary/aromatic N) is 2. The predicted octanol–water partition coefficient (Wildman–Crippen LogP) is 1.25. The van der Waals surface area contributed by atoms with Gasteiger partial charge in [0.1, 0.15) is 6.04 Å². The van der Waals surface area contributed by atoms with Crippen LogP contribution < -0.4 is 5.23 Å². The highest BCUT2D eigenvalue weighted by atomic mass is 16.5. The fourth-order valence-corrected chi connectivity index (χ4v) is 7.51. The highest BCUT2D eigenvalue weighted by Gasteiger charge is 2.63. The standard InChI is InChI=1S/C20H27BN3O3/c1-27-20-7-12-2-13(8-20)6-19(5-12,10-20)17(23-21-11-25)18(26)24-15(9-22)3-14-4-16(14)24/h11-17,23H,2-8,10H2,1H3/t12?,13?,14-,15+,16?,17-,19?,20?/m1/s1. The topological polar surface area (TPSA) is 82.4 Å². The number of piperidine rings is 1. The molecule has 6 fully saturated rings. The zero-order chi connectivity index (χ0) is 18.8. The van der Waals surface area contributed by atoms with E-state index < -0.39 is 6.04 Å². The maximum Gasteiger partial charge on any atom is 0.291 e. The van der Waals surface area contributed by atoms with Crippen LogP contribution >= 0.6 is 0 Å². The summed E-state index contributed by atoms with van der Waals surface area (Å²) < 4.78 is 6.02. The van der Waals surface area contributed by atoms with Crippen LogP contribution in [0.25, 0.3) is 0 Å². The number of nitriles is 1. The summed E-state index contributed by atoms with van der Waals surface area (Å²) in [7, 11) is 3.19. The first-order valence-corrected chi connectivity index (χ1v) is 10.3. The van der Waals surface area contributed by atoms with Crippen LogP contribution in [0, 0.1) is 34.5 Å². The second-order valence-electron chi connectivity index (χ2n) is 9.80. The molecular weight excluding hydrogens is 341 g/mol. The Kier molecular flexibility index (Phi) is 3.97. The summed E-state index contributed by atoms with van der Waals surface area (Å²) >= 11 is 0. The minimum Gasteiger partial charge on any atom is -0.378 e. The zero-order valence-electron chi connectivity index (χ0n) is 15.9. The summed E-state index contributed by atoms with van der Waals surface area (Å²) in [5.41, 5.74) is -0.295. The largest absolute Gasteiger partial charge is 0.378 e. The number of likely N-dealkylation sites (tertiary alicyclic amines) is 1. The molecule has 5 saturated carbocycles. The molecule has 5 aliphatic carbocycles. The molecule has 6 nitrogen and oxygen atoms in total. The van der Waals surface area contributed by atoms with Gasteiger partial charge >= 0.3 is 0 Å². The highest BCUT2D eigenvalue weighted by molar-refractivity contribution is 6.64. The Labute approximate surface area is 161 Å². The highest BCUT2D eigenvalue weighted by Crippen LogP contribution is 2.64. The summed E-state index contributed by atoms with van der Waals surface area (Å²) in [5.74, 6) is 1.71. The third kappa shape index (κ3) is 2.60. The third-order valence-corrected chi connectivity index (χ3v) is 8.18. The lowest BCUT2D eigenvalue weighted by molar-refractivity contribution is -0.191. The molecule has 6 aliphatic rings. The van der Waals surface area contributed by atoms with Crippen LogP contribution in [-0.4, -0.2) is 55.2 Å². The van der Waals surface area contributed by atoms with E-state index in [1.54, 1.807) is 0 Å². The number of methoxy groups -OCH3 is 1. The fraction of sp³-hybridized carbons (Fsp3) is 0.850. The third-order valence-electron chi connectivity index (χ3n) is 8.18. The maximum atomic E-state index is 13.7. The average molecular weight is 368 g/mol. The normalized spacial score (nSPS) is 47.3. The van der Waals surface area contributed by atoms with Gasteiger partial charge in [-0.2, -0.15) is 5.26 Å². The van der Waals surface area contributed by atoms with E-state index in [0.717, 1.165) is 51.1 Å². The van der Waals surface area contributed by atoms with Crippen LogP contribution in [0.1, 0.15) is 51.4 Å². The van der Waals surface area contributed by atoms with Gasteiger partial charge in [0.05, 0.1) is 23.9 Å². The molecule has 4 bridgehead atoms. The lowest BCUT2D eigenvalue weighted by atomic mass is 9.45. The van der Waals surface area contributed by atoms with Crippen molar-refractivity contribution in [2.24, 2.45) is 23.2 Å². The monoisotopic (exact) mass is 368 g/mol. The lowest BCUT2D eigenvalue weighted by Gasteiger charge is -2.63. The van der Waals surface area contributed by atoms with Crippen molar-refractivity contribution in [1.29, 1.82) is 5.26 Å². The van der Waals surface area contributed by atoms with E-state index in [9.17, 15) is 14.9 Å². The molecule has 0 aromatic heterocycles. The molecule has 3 unspecified atom stereocenters. The first-order chi connectivity index (χ1) is 13.0. The molecule has 0 aromatic carbocycles. The second kappa shape index (κ2) is 6.05. The van der Waals surface area contributed by atoms with Gasteiger partial charge in [0.2, 0.25) is 5.91 Å². The first kappa shape index (κ1) is 17.7. The minimum absolute atomic E-state index is 0.0258. The van der Waals surface area contributed by atoms with Crippen LogP contribution in [0.3, 0.4) is 0 Å². The summed E-state index contributed by atoms with van der Waals surface area (Å²) in [4.78, 5) is 26.6. The second-order valence-corrected chi connectivity index (χ2v) is 9.80. The Morgan fingerprint density at radius 3 is 2.67 bits per heavy atom. The van der Waals surface area contributed by atoms with Crippen molar-refractivity contribution < 1.29 is 14.3 Å². The molecule has 143 valence electrons. The molecule has 6 atom stereocenters. The van der Waals surface area contributed by atoms with E-state index in [-0.39, 0.29) is 29.0 Å². The lowest BCUT2D eigenvalue weighted by Crippen LogP contribution is -2.66. The molecule has 1 heterocycles. The van der Waals surface area contributed by atoms with Gasteiger partial charge < -0.3 is 19.7 Å². The van der Waals surface area contributed by atoms with Gasteiger partial charge in [0.15, 0.2) is 0 Å². The molecule has 0 aromatic rings. The summed E-state index contributed by atoms with van der Waals surface area (Å²) in [5, 5.41) is 12.7. The number of hydrogen-bond acceptors (Lipinski definition) is 5. The number of rotatable bonds is 6. The van der Waals surface area contributed by atoms with Crippen molar-refractivity contribution in [2.75, 3.05) is 7.11 Å². The SMILES string of the molecule is COC12CC3CC(C1)CC([C@H](N[B]C=O)C(=O)N1C4C[C@H]4C[C@H]1C#N)(C3)C2. The van der Waals surface area contributed by atoms with Gasteiger partial charge in [-0.1, -0.05) is 0 Å². The Balaban J connectivity index is 1.48. The Morgan fingerprint density at radius 1 is 1.30 bits per heavy atom. The molecular formula is C20H27BN3O3. The van der Waals surface area contributed by atoms with Gasteiger partial charge in [0, 0.05) is 13.2 Å². The number of amides is 1. The van der Waals surface area contributed by atoms with Crippen molar-refractivity contribution in [3.8, 4) is 6.07 Å². The minimum atomic E-state index is -0.432. The number of ether oxygens (including phenoxy) is 1. The van der Waals surface area contributed by atoms with Crippen molar-refractivity contribution >= 4 is 19.5 Å². The molecule has 7 heteroatoms. The van der Waals surface area contributed by atoms with Gasteiger partial charge in [-0.15, -0.1) is 0 Å². The quantitative estimate of drug-likeness (QED) is 0.564. The van der Waals surface area contributed by atoms with Crippen LogP contribution in [-0.2, 0) is 14.3 Å². The molecule has 1 saturated heterocycles. The van der Waals surface area contributed by atoms with Crippen LogP contribution in [0.4, 0.5) is 0 Å². The number of hydrogen-bond donors (Lipinski definition) is 1. The zero-order valence-corrected chi connectivity index (χ0v) is 15.9. The van der Waals surface area contributed by atoms with Crippen LogP contribution in [0.15, 0.2) is 0 Å². The molecule has 1 radical (unpaired) electrons. The summed E-state index contributed by atoms with van der Waals surface area (Å²) in [6.07, 6.45) is 8.88. The van der Waals surface area contributed by atoms with E-state index in [1.165, 1.54) is 13.8 Å². The summed E-state index contributed by atoms with van der Waals surface area (Å²) in [6.45, 7) is 0. The molecule has 27 heavy (non-hydrogen) atoms. The van der Waals surface area contributed by atoms with E-state index in [2.05, 4.69) is 11.3 Å². The Hall–Kier alpha value is -1.39. The van der Waals surface area contributed by atoms with Gasteiger partial charge in [0.25, 0.3) is 7.41 Å². The van der Waals surface area contributed by atoms with Gasteiger partial charge in [-0.3, -0.25) is 4.79 Å². The van der Waals surface area contributed by atoms with Crippen LogP contribution in [0.2, 0.25) is 0 Å². The molecule has 1 amide bonds. The van der Waals surface area contributed by atoms with Crippen molar-refractivity contribution in [3.05, 3.63) is 0 Å². The number of carbonyl (C=O) groups excluding carboxylic acids is 2. The molecule has 6 rings (SSSR count). The Bertz CT molecular complexity index is 693. The number of fused-ring (bicyclic) bond motifs is 1. The van der Waals surface area contributed by atoms with E-state index in [1.807, 2.05) is 12.0 Å². The van der Waals surface area contributed by atoms with E-state index >= 15 is 0 Å². The van der Waals surface area contributed by atoms with E-state index in [4.69, 9.17) is 4.74 Å². The van der Waals surface area contributed by atoms with Gasteiger partial charge in [-0.05, 0) is 74.5 Å². The fourth-order valence-electron chi connectivity index (χ4n) is 7.51. The predicted molar refractivity (Wildman–Crippen MR) is 99.0 cm³/mol. The number of nitrogens with one attached hydrogen (secondary N) is 1. The van der Waals surface area contributed by atoms with Crippen molar-refractivity contribution in [2.45, 2.75) is 75.1 Å². The van der Waals surface area contributed by atoms with Crippen molar-refractivity contribution in [3.63, 3.8) is 0 Å². The molecule has 0 spiro atoms. The Morgan fingerprint density at radius 2 is 2.04 bits per heavy atom. The van der Waals surface area contributed by atoms with Crippen LogP contribution in [0.5, 0.6) is 0 Å². The number of carbonyl (C=O) groups is 2. The maximum absolute atomic E-state index is 13.7.